The maximum atomic E-state index is 13.9. The van der Waals surface area contributed by atoms with E-state index in [9.17, 15) is 19.2 Å². The third kappa shape index (κ3) is 2.89. The van der Waals surface area contributed by atoms with Gasteiger partial charge in [-0.05, 0) is 43.7 Å². The Hall–Kier alpha value is -4.10. The van der Waals surface area contributed by atoms with Gasteiger partial charge in [0.2, 0.25) is 29.0 Å². The summed E-state index contributed by atoms with van der Waals surface area (Å²) >= 11 is 0. The molecule has 3 atom stereocenters. The zero-order valence-electron chi connectivity index (χ0n) is 19.8. The van der Waals surface area contributed by atoms with Crippen LogP contribution in [0.1, 0.15) is 44.9 Å². The second-order valence-electron chi connectivity index (χ2n) is 9.33. The average molecular weight is 482 g/mol. The van der Waals surface area contributed by atoms with Crippen molar-refractivity contribution in [3.63, 3.8) is 0 Å². The fourth-order valence-corrected chi connectivity index (χ4v) is 5.69. The van der Waals surface area contributed by atoms with Gasteiger partial charge in [0, 0.05) is 11.1 Å². The van der Waals surface area contributed by atoms with Crippen LogP contribution in [0.4, 0.5) is 5.69 Å². The van der Waals surface area contributed by atoms with Crippen molar-refractivity contribution in [2.24, 2.45) is 11.8 Å². The van der Waals surface area contributed by atoms with Gasteiger partial charge in [-0.25, -0.2) is 4.90 Å². The Labute approximate surface area is 207 Å². The Kier molecular flexibility index (Phi) is 4.95. The van der Waals surface area contributed by atoms with Crippen LogP contribution in [0.25, 0.3) is 0 Å². The molecule has 2 aliphatic heterocycles. The topological polar surface area (TPSA) is 90.0 Å². The molecule has 36 heavy (non-hydrogen) atoms. The number of anilines is 1. The number of carbonyl (C=O) groups excluding carboxylic acids is 4. The minimum atomic E-state index is -2.07. The SMILES string of the molecule is CCOc1ccc(N2C(=O)[C@@H]3[C@@H](C2=O)C2(O[C@H]3c3ccc(C)cc3)C(=O)c3ccccc3C2=O)cc1. The molecular weight excluding hydrogens is 458 g/mol. The molecular formula is C29H23NO6. The maximum Gasteiger partial charge on any atom is 0.241 e. The second-order valence-corrected chi connectivity index (χ2v) is 9.33. The largest absolute Gasteiger partial charge is 0.494 e. The van der Waals surface area contributed by atoms with Crippen molar-refractivity contribution in [2.75, 3.05) is 11.5 Å². The minimum absolute atomic E-state index is 0.213. The Morgan fingerprint density at radius 3 is 2.03 bits per heavy atom. The first-order chi connectivity index (χ1) is 17.4. The number of Topliss-reactive ketones (excluding diaryl/α,β-unsaturated/α-hetero) is 2. The normalized spacial score (nSPS) is 23.9. The molecule has 7 heteroatoms. The van der Waals surface area contributed by atoms with Crippen LogP contribution in [-0.2, 0) is 14.3 Å². The maximum absolute atomic E-state index is 13.9. The van der Waals surface area contributed by atoms with Gasteiger partial charge in [-0.2, -0.15) is 0 Å². The van der Waals surface area contributed by atoms with Gasteiger partial charge in [-0.3, -0.25) is 19.2 Å². The zero-order chi connectivity index (χ0) is 25.2. The Morgan fingerprint density at radius 2 is 1.44 bits per heavy atom. The number of hydrogen-bond acceptors (Lipinski definition) is 6. The molecule has 0 bridgehead atoms. The van der Waals surface area contributed by atoms with E-state index in [0.717, 1.165) is 10.5 Å². The van der Waals surface area contributed by atoms with Crippen LogP contribution in [0.5, 0.6) is 5.75 Å². The van der Waals surface area contributed by atoms with Gasteiger partial charge in [0.15, 0.2) is 0 Å². The zero-order valence-corrected chi connectivity index (χ0v) is 19.8. The summed E-state index contributed by atoms with van der Waals surface area (Å²) in [6.45, 7) is 4.27. The van der Waals surface area contributed by atoms with Crippen molar-refractivity contribution in [3.05, 3.63) is 95.1 Å². The first-order valence-electron chi connectivity index (χ1n) is 11.9. The quantitative estimate of drug-likeness (QED) is 0.412. The highest BCUT2D eigenvalue weighted by atomic mass is 16.5. The van der Waals surface area contributed by atoms with E-state index in [2.05, 4.69) is 0 Å². The predicted molar refractivity (Wildman–Crippen MR) is 130 cm³/mol. The Morgan fingerprint density at radius 1 is 0.833 bits per heavy atom. The van der Waals surface area contributed by atoms with Gasteiger partial charge in [0.25, 0.3) is 0 Å². The summed E-state index contributed by atoms with van der Waals surface area (Å²) in [5.41, 5.74) is 0.357. The lowest BCUT2D eigenvalue weighted by Crippen LogP contribution is -2.51. The monoisotopic (exact) mass is 481 g/mol. The molecule has 3 aromatic rings. The van der Waals surface area contributed by atoms with E-state index < -0.39 is 46.9 Å². The van der Waals surface area contributed by atoms with Crippen LogP contribution in [0, 0.1) is 18.8 Å². The summed E-state index contributed by atoms with van der Waals surface area (Å²) in [6, 6.07) is 20.4. The van der Waals surface area contributed by atoms with E-state index in [1.807, 2.05) is 38.1 Å². The molecule has 0 aromatic heterocycles. The minimum Gasteiger partial charge on any atom is -0.494 e. The van der Waals surface area contributed by atoms with Crippen LogP contribution in [0.3, 0.4) is 0 Å². The van der Waals surface area contributed by atoms with Crippen LogP contribution < -0.4 is 9.64 Å². The molecule has 0 radical (unpaired) electrons. The van der Waals surface area contributed by atoms with Crippen molar-refractivity contribution in [1.29, 1.82) is 0 Å². The lowest BCUT2D eigenvalue weighted by atomic mass is 9.77. The summed E-state index contributed by atoms with van der Waals surface area (Å²) in [7, 11) is 0. The molecule has 180 valence electrons. The van der Waals surface area contributed by atoms with Crippen LogP contribution >= 0.6 is 0 Å². The molecule has 2 fully saturated rings. The summed E-state index contributed by atoms with van der Waals surface area (Å²) in [5.74, 6) is -3.92. The highest BCUT2D eigenvalue weighted by Gasteiger charge is 2.74. The van der Waals surface area contributed by atoms with Crippen LogP contribution in [-0.4, -0.2) is 35.6 Å². The summed E-state index contributed by atoms with van der Waals surface area (Å²) in [4.78, 5) is 56.4. The fourth-order valence-electron chi connectivity index (χ4n) is 5.69. The standard InChI is InChI=1S/C29H23NO6/c1-3-35-19-14-12-18(13-15-19)30-27(33)22-23(28(30)34)29(36-24(22)17-10-8-16(2)9-11-17)25(31)20-6-4-5-7-21(20)26(29)32/h4-15,22-24H,3H2,1-2H3/t22-,23+,24+/m1/s1. The number of ether oxygens (including phenoxy) is 2. The number of amides is 2. The van der Waals surface area contributed by atoms with E-state index in [-0.39, 0.29) is 11.1 Å². The number of carbonyl (C=O) groups is 4. The third-order valence-electron chi connectivity index (χ3n) is 7.33. The third-order valence-corrected chi connectivity index (χ3v) is 7.33. The van der Waals surface area contributed by atoms with Gasteiger partial charge in [0.1, 0.15) is 5.75 Å². The number of rotatable bonds is 4. The smallest absolute Gasteiger partial charge is 0.241 e. The number of nitrogens with zero attached hydrogens (tertiary/aromatic N) is 1. The number of aryl methyl sites for hydroxylation is 1. The highest BCUT2D eigenvalue weighted by molar-refractivity contribution is 6.37. The van der Waals surface area contributed by atoms with E-state index >= 15 is 0 Å². The van der Waals surface area contributed by atoms with E-state index in [4.69, 9.17) is 9.47 Å². The number of benzene rings is 3. The second kappa shape index (κ2) is 7.96. The van der Waals surface area contributed by atoms with Crippen molar-refractivity contribution in [1.82, 2.24) is 0 Å². The molecule has 2 amide bonds. The molecule has 0 saturated carbocycles. The number of fused-ring (bicyclic) bond motifs is 3. The fraction of sp³-hybridized carbons (Fsp3) is 0.241. The van der Waals surface area contributed by atoms with Crippen molar-refractivity contribution in [2.45, 2.75) is 25.6 Å². The predicted octanol–water partition coefficient (Wildman–Crippen LogP) is 4.09. The van der Waals surface area contributed by atoms with Crippen molar-refractivity contribution in [3.8, 4) is 5.75 Å². The first kappa shape index (κ1) is 22.4. The molecule has 2 heterocycles. The number of hydrogen-bond donors (Lipinski definition) is 0. The van der Waals surface area contributed by atoms with E-state index in [1.165, 1.54) is 0 Å². The van der Waals surface area contributed by atoms with Gasteiger partial charge >= 0.3 is 0 Å². The summed E-state index contributed by atoms with van der Waals surface area (Å²) in [5, 5.41) is 0. The van der Waals surface area contributed by atoms with Gasteiger partial charge in [0.05, 0.1) is 30.2 Å². The lowest BCUT2D eigenvalue weighted by molar-refractivity contribution is -0.127. The Bertz CT molecular complexity index is 1390. The summed E-state index contributed by atoms with van der Waals surface area (Å²) < 4.78 is 11.8. The van der Waals surface area contributed by atoms with E-state index in [1.54, 1.807) is 48.5 Å². The van der Waals surface area contributed by atoms with Crippen molar-refractivity contribution >= 4 is 29.1 Å². The van der Waals surface area contributed by atoms with Gasteiger partial charge in [-0.1, -0.05) is 54.1 Å². The number of imide groups is 1. The van der Waals surface area contributed by atoms with Crippen LogP contribution in [0.2, 0.25) is 0 Å². The van der Waals surface area contributed by atoms with Crippen molar-refractivity contribution < 1.29 is 28.7 Å². The molecule has 3 aliphatic rings. The molecule has 0 N–H and O–H groups in total. The molecule has 2 saturated heterocycles. The molecule has 1 spiro atoms. The highest BCUT2D eigenvalue weighted by Crippen LogP contribution is 2.57. The summed E-state index contributed by atoms with van der Waals surface area (Å²) in [6.07, 6.45) is -0.929. The van der Waals surface area contributed by atoms with E-state index in [0.29, 0.717) is 23.6 Å². The molecule has 6 rings (SSSR count). The Balaban J connectivity index is 1.49. The molecule has 3 aromatic carbocycles. The molecule has 7 nitrogen and oxygen atoms in total. The first-order valence-corrected chi connectivity index (χ1v) is 11.9. The molecule has 0 unspecified atom stereocenters. The van der Waals surface area contributed by atoms with Gasteiger partial charge in [-0.15, -0.1) is 0 Å². The number of ketones is 2. The van der Waals surface area contributed by atoms with Crippen LogP contribution in [0.15, 0.2) is 72.8 Å². The average Bonchev–Trinajstić information content (AvgIpc) is 3.45. The molecule has 1 aliphatic carbocycles. The van der Waals surface area contributed by atoms with Gasteiger partial charge < -0.3 is 9.47 Å². The lowest BCUT2D eigenvalue weighted by Gasteiger charge is -2.27.